The summed E-state index contributed by atoms with van der Waals surface area (Å²) in [4.78, 5) is 0.998. The van der Waals surface area contributed by atoms with E-state index in [-0.39, 0.29) is 12.1 Å². The second-order valence-corrected chi connectivity index (χ2v) is 5.75. The first-order valence-corrected chi connectivity index (χ1v) is 7.21. The van der Waals surface area contributed by atoms with Gasteiger partial charge in [-0.2, -0.15) is 0 Å². The number of rotatable bonds is 2. The third kappa shape index (κ3) is 2.08. The highest BCUT2D eigenvalue weighted by molar-refractivity contribution is 7.10. The smallest absolute Gasteiger partial charge is 0.103 e. The van der Waals surface area contributed by atoms with Crippen LogP contribution in [-0.2, 0) is 11.2 Å². The Labute approximate surface area is 115 Å². The van der Waals surface area contributed by atoms with E-state index in [9.17, 15) is 0 Å². The number of fused-ring (bicyclic) bond motifs is 1. The second-order valence-electron chi connectivity index (χ2n) is 4.40. The first-order valence-electron chi connectivity index (χ1n) is 5.95. The van der Waals surface area contributed by atoms with Crippen molar-refractivity contribution in [3.8, 4) is 0 Å². The van der Waals surface area contributed by atoms with Crippen molar-refractivity contribution in [1.82, 2.24) is 0 Å². The molecule has 94 valence electrons. The quantitative estimate of drug-likeness (QED) is 0.909. The molecule has 2 heterocycles. The van der Waals surface area contributed by atoms with Gasteiger partial charge in [0.2, 0.25) is 0 Å². The van der Waals surface area contributed by atoms with Gasteiger partial charge in [-0.25, -0.2) is 0 Å². The van der Waals surface area contributed by atoms with Crippen molar-refractivity contribution in [1.29, 1.82) is 0 Å². The van der Waals surface area contributed by atoms with Gasteiger partial charge in [-0.05, 0) is 29.0 Å². The highest BCUT2D eigenvalue weighted by Gasteiger charge is 2.29. The molecule has 1 aliphatic heterocycles. The van der Waals surface area contributed by atoms with Crippen molar-refractivity contribution < 1.29 is 4.74 Å². The molecule has 18 heavy (non-hydrogen) atoms. The van der Waals surface area contributed by atoms with E-state index >= 15 is 0 Å². The lowest BCUT2D eigenvalue weighted by Gasteiger charge is -2.30. The number of hydrogen-bond acceptors (Lipinski definition) is 3. The Hall–Kier alpha value is -0.870. The zero-order valence-electron chi connectivity index (χ0n) is 9.80. The standard InChI is InChI=1S/C14H14ClNOS/c15-11-6-8-18-14(11)12(16)13-10-4-2-1-3-9(10)5-7-17-13/h1-4,6,8,12-13H,5,7,16H2. The first kappa shape index (κ1) is 12.2. The van der Waals surface area contributed by atoms with Crippen molar-refractivity contribution in [2.24, 2.45) is 5.73 Å². The lowest BCUT2D eigenvalue weighted by Crippen LogP contribution is -2.26. The number of halogens is 1. The topological polar surface area (TPSA) is 35.2 Å². The van der Waals surface area contributed by atoms with Gasteiger partial charge >= 0.3 is 0 Å². The van der Waals surface area contributed by atoms with Crippen LogP contribution in [0.3, 0.4) is 0 Å². The second kappa shape index (κ2) is 5.02. The van der Waals surface area contributed by atoms with Gasteiger partial charge in [0.15, 0.2) is 0 Å². The maximum atomic E-state index is 6.33. The number of hydrogen-bond donors (Lipinski definition) is 1. The van der Waals surface area contributed by atoms with Crippen molar-refractivity contribution in [3.05, 3.63) is 56.7 Å². The monoisotopic (exact) mass is 279 g/mol. The third-order valence-corrected chi connectivity index (χ3v) is 4.76. The molecule has 1 aromatic heterocycles. The number of ether oxygens (including phenoxy) is 1. The van der Waals surface area contributed by atoms with Gasteiger partial charge in [0.1, 0.15) is 6.10 Å². The number of thiophene rings is 1. The molecule has 0 aliphatic carbocycles. The molecule has 0 spiro atoms. The summed E-state index contributed by atoms with van der Waals surface area (Å²) >= 11 is 7.74. The predicted octanol–water partition coefficient (Wildman–Crippen LogP) is 3.72. The van der Waals surface area contributed by atoms with E-state index in [4.69, 9.17) is 22.1 Å². The lowest BCUT2D eigenvalue weighted by molar-refractivity contribution is 0.0249. The van der Waals surface area contributed by atoms with Crippen LogP contribution >= 0.6 is 22.9 Å². The van der Waals surface area contributed by atoms with E-state index < -0.39 is 0 Å². The molecule has 4 heteroatoms. The largest absolute Gasteiger partial charge is 0.371 e. The van der Waals surface area contributed by atoms with Crippen LogP contribution in [0.25, 0.3) is 0 Å². The minimum absolute atomic E-state index is 0.0916. The fraction of sp³-hybridized carbons (Fsp3) is 0.286. The van der Waals surface area contributed by atoms with Gasteiger partial charge in [-0.3, -0.25) is 0 Å². The van der Waals surface area contributed by atoms with E-state index in [0.717, 1.165) is 22.9 Å². The van der Waals surface area contributed by atoms with Crippen LogP contribution in [0.4, 0.5) is 0 Å². The molecule has 2 aromatic rings. The van der Waals surface area contributed by atoms with Gasteiger partial charge in [0.25, 0.3) is 0 Å². The van der Waals surface area contributed by atoms with Crippen LogP contribution in [0, 0.1) is 0 Å². The fourth-order valence-electron chi connectivity index (χ4n) is 2.40. The van der Waals surface area contributed by atoms with Crippen molar-refractivity contribution in [2.45, 2.75) is 18.6 Å². The Morgan fingerprint density at radius 1 is 1.33 bits per heavy atom. The zero-order valence-corrected chi connectivity index (χ0v) is 11.4. The molecule has 2 unspecified atom stereocenters. The van der Waals surface area contributed by atoms with E-state index in [1.807, 2.05) is 17.5 Å². The maximum Gasteiger partial charge on any atom is 0.103 e. The Balaban J connectivity index is 1.97. The van der Waals surface area contributed by atoms with Gasteiger partial charge in [-0.15, -0.1) is 11.3 Å². The zero-order chi connectivity index (χ0) is 12.5. The predicted molar refractivity (Wildman–Crippen MR) is 75.1 cm³/mol. The molecule has 0 bridgehead atoms. The van der Waals surface area contributed by atoms with E-state index in [2.05, 4.69) is 18.2 Å². The summed E-state index contributed by atoms with van der Waals surface area (Å²) in [6, 6.07) is 10.0. The molecule has 1 aliphatic rings. The molecule has 0 saturated carbocycles. The Morgan fingerprint density at radius 2 is 2.17 bits per heavy atom. The van der Waals surface area contributed by atoms with Crippen LogP contribution in [0.2, 0.25) is 5.02 Å². The van der Waals surface area contributed by atoms with Crippen molar-refractivity contribution in [2.75, 3.05) is 6.61 Å². The van der Waals surface area contributed by atoms with Gasteiger partial charge in [-0.1, -0.05) is 35.9 Å². The van der Waals surface area contributed by atoms with E-state index in [1.54, 1.807) is 11.3 Å². The highest BCUT2D eigenvalue weighted by atomic mass is 35.5. The molecule has 0 radical (unpaired) electrons. The Bertz CT molecular complexity index is 554. The Kier molecular flexibility index (Phi) is 3.39. The van der Waals surface area contributed by atoms with Crippen LogP contribution in [0.15, 0.2) is 35.7 Å². The normalized spacial score (nSPS) is 20.4. The third-order valence-electron chi connectivity index (χ3n) is 3.30. The Morgan fingerprint density at radius 3 is 2.94 bits per heavy atom. The highest BCUT2D eigenvalue weighted by Crippen LogP contribution is 2.39. The number of benzene rings is 1. The number of nitrogens with two attached hydrogens (primary N) is 1. The average molecular weight is 280 g/mol. The summed E-state index contributed by atoms with van der Waals surface area (Å²) in [5.74, 6) is 0. The first-order chi connectivity index (χ1) is 8.77. The van der Waals surface area contributed by atoms with Gasteiger partial charge in [0, 0.05) is 4.88 Å². The van der Waals surface area contributed by atoms with Crippen molar-refractivity contribution >= 4 is 22.9 Å². The molecular formula is C14H14ClNOS. The summed E-state index contributed by atoms with van der Waals surface area (Å²) in [6.45, 7) is 0.721. The summed E-state index contributed by atoms with van der Waals surface area (Å²) in [6.07, 6.45) is 0.864. The summed E-state index contributed by atoms with van der Waals surface area (Å²) in [5.41, 5.74) is 8.86. The van der Waals surface area contributed by atoms with Crippen LogP contribution in [-0.4, -0.2) is 6.61 Å². The SMILES string of the molecule is NC(c1sccc1Cl)C1OCCc2ccccc21. The molecule has 1 aromatic carbocycles. The lowest BCUT2D eigenvalue weighted by atomic mass is 9.93. The van der Waals surface area contributed by atoms with Crippen LogP contribution < -0.4 is 5.73 Å². The molecule has 2 nitrogen and oxygen atoms in total. The van der Waals surface area contributed by atoms with E-state index in [1.165, 1.54) is 11.1 Å². The maximum absolute atomic E-state index is 6.33. The molecule has 0 fully saturated rings. The molecule has 2 N–H and O–H groups in total. The van der Waals surface area contributed by atoms with Gasteiger partial charge in [0.05, 0.1) is 17.7 Å². The summed E-state index contributed by atoms with van der Waals surface area (Å²) in [7, 11) is 0. The van der Waals surface area contributed by atoms with Crippen molar-refractivity contribution in [3.63, 3.8) is 0 Å². The van der Waals surface area contributed by atoms with E-state index in [0.29, 0.717) is 0 Å². The molecule has 0 amide bonds. The fourth-order valence-corrected chi connectivity index (χ4v) is 3.61. The average Bonchev–Trinajstić information content (AvgIpc) is 2.83. The molecule has 3 rings (SSSR count). The summed E-state index contributed by atoms with van der Waals surface area (Å²) < 4.78 is 5.87. The van der Waals surface area contributed by atoms with Gasteiger partial charge < -0.3 is 10.5 Å². The molecular weight excluding hydrogens is 266 g/mol. The minimum atomic E-state index is -0.195. The summed E-state index contributed by atoms with van der Waals surface area (Å²) in [5, 5.41) is 2.70. The van der Waals surface area contributed by atoms with Crippen LogP contribution in [0.1, 0.15) is 28.1 Å². The molecule has 2 atom stereocenters. The minimum Gasteiger partial charge on any atom is -0.371 e. The molecule has 0 saturated heterocycles. The van der Waals surface area contributed by atoms with Crippen LogP contribution in [0.5, 0.6) is 0 Å².